The minimum atomic E-state index is -0.991. The van der Waals surface area contributed by atoms with E-state index in [0.29, 0.717) is 10.2 Å². The largest absolute Gasteiger partial charge is 0.469 e. The number of hydrogen-bond donors (Lipinski definition) is 1. The molecule has 6 heteroatoms. The maximum absolute atomic E-state index is 11.3. The van der Waals surface area contributed by atoms with Crippen molar-refractivity contribution < 1.29 is 14.6 Å². The molecule has 1 aromatic rings. The summed E-state index contributed by atoms with van der Waals surface area (Å²) in [6.07, 6.45) is 0.572. The first kappa shape index (κ1) is 13.6. The number of rotatable bonds is 3. The molecule has 0 spiro atoms. The van der Waals surface area contributed by atoms with Crippen LogP contribution in [-0.4, -0.2) is 23.2 Å². The van der Waals surface area contributed by atoms with E-state index in [4.69, 9.17) is 0 Å². The molecule has 88 valence electrons. The van der Waals surface area contributed by atoms with E-state index in [-0.39, 0.29) is 0 Å². The molecule has 0 bridgehead atoms. The average molecular weight is 353 g/mol. The molecule has 1 rings (SSSR count). The van der Waals surface area contributed by atoms with E-state index in [1.807, 2.05) is 0 Å². The second-order valence-electron chi connectivity index (χ2n) is 3.28. The number of ether oxygens (including phenoxy) is 1. The van der Waals surface area contributed by atoms with Crippen molar-refractivity contribution in [1.82, 2.24) is 4.98 Å². The standard InChI is InChI=1S/C10H11Br2NO3/c1-5(10(15)16-2)9(14)8-7(12)3-6(11)4-13-8/h3-5,9,14H,1-2H3. The van der Waals surface area contributed by atoms with E-state index < -0.39 is 18.0 Å². The molecule has 0 aliphatic rings. The third-order valence-electron chi connectivity index (χ3n) is 2.16. The molecule has 0 fully saturated rings. The van der Waals surface area contributed by atoms with Crippen LogP contribution < -0.4 is 0 Å². The lowest BCUT2D eigenvalue weighted by molar-refractivity contribution is -0.148. The number of aliphatic hydroxyl groups is 1. The monoisotopic (exact) mass is 351 g/mol. The van der Waals surface area contributed by atoms with Crippen LogP contribution >= 0.6 is 31.9 Å². The van der Waals surface area contributed by atoms with Crippen molar-refractivity contribution in [2.24, 2.45) is 5.92 Å². The van der Waals surface area contributed by atoms with Crippen LogP contribution in [0.2, 0.25) is 0 Å². The van der Waals surface area contributed by atoms with Gasteiger partial charge in [-0.05, 0) is 44.8 Å². The fraction of sp³-hybridized carbons (Fsp3) is 0.400. The molecule has 16 heavy (non-hydrogen) atoms. The van der Waals surface area contributed by atoms with Crippen molar-refractivity contribution in [3.63, 3.8) is 0 Å². The number of esters is 1. The van der Waals surface area contributed by atoms with E-state index in [1.165, 1.54) is 7.11 Å². The topological polar surface area (TPSA) is 59.4 Å². The van der Waals surface area contributed by atoms with Crippen LogP contribution in [0.1, 0.15) is 18.7 Å². The first-order chi connectivity index (χ1) is 7.47. The van der Waals surface area contributed by atoms with Gasteiger partial charge in [-0.15, -0.1) is 0 Å². The van der Waals surface area contributed by atoms with Gasteiger partial charge in [-0.3, -0.25) is 9.78 Å². The van der Waals surface area contributed by atoms with Crippen LogP contribution in [0, 0.1) is 5.92 Å². The summed E-state index contributed by atoms with van der Waals surface area (Å²) in [5, 5.41) is 9.95. The smallest absolute Gasteiger partial charge is 0.311 e. The molecule has 1 N–H and O–H groups in total. The van der Waals surface area contributed by atoms with E-state index in [9.17, 15) is 9.90 Å². The van der Waals surface area contributed by atoms with Gasteiger partial charge in [0.1, 0.15) is 6.10 Å². The number of aromatic nitrogens is 1. The van der Waals surface area contributed by atoms with E-state index in [1.54, 1.807) is 19.2 Å². The van der Waals surface area contributed by atoms with Crippen molar-refractivity contribution in [1.29, 1.82) is 0 Å². The minimum absolute atomic E-state index is 0.418. The van der Waals surface area contributed by atoms with Gasteiger partial charge in [0.2, 0.25) is 0 Å². The molecule has 0 aromatic carbocycles. The third kappa shape index (κ3) is 3.02. The quantitative estimate of drug-likeness (QED) is 0.849. The first-order valence-electron chi connectivity index (χ1n) is 4.54. The van der Waals surface area contributed by atoms with Crippen LogP contribution in [0.4, 0.5) is 0 Å². The van der Waals surface area contributed by atoms with Crippen molar-refractivity contribution in [3.8, 4) is 0 Å². The van der Waals surface area contributed by atoms with Crippen LogP contribution in [-0.2, 0) is 9.53 Å². The van der Waals surface area contributed by atoms with Gasteiger partial charge >= 0.3 is 5.97 Å². The first-order valence-corrected chi connectivity index (χ1v) is 6.12. The SMILES string of the molecule is COC(=O)C(C)C(O)c1ncc(Br)cc1Br. The molecular formula is C10H11Br2NO3. The number of nitrogens with zero attached hydrogens (tertiary/aromatic N) is 1. The summed E-state index contributed by atoms with van der Waals surface area (Å²) in [4.78, 5) is 15.3. The molecule has 4 nitrogen and oxygen atoms in total. The Morgan fingerprint density at radius 1 is 1.56 bits per heavy atom. The second kappa shape index (κ2) is 5.75. The number of pyridine rings is 1. The number of aliphatic hydroxyl groups excluding tert-OH is 1. The van der Waals surface area contributed by atoms with Gasteiger partial charge < -0.3 is 9.84 Å². The van der Waals surface area contributed by atoms with Crippen LogP contribution in [0.3, 0.4) is 0 Å². The van der Waals surface area contributed by atoms with Gasteiger partial charge in [-0.2, -0.15) is 0 Å². The zero-order valence-electron chi connectivity index (χ0n) is 8.78. The Morgan fingerprint density at radius 2 is 2.19 bits per heavy atom. The van der Waals surface area contributed by atoms with Crippen molar-refractivity contribution in [2.45, 2.75) is 13.0 Å². The number of halogens is 2. The van der Waals surface area contributed by atoms with Crippen molar-refractivity contribution >= 4 is 37.8 Å². The zero-order chi connectivity index (χ0) is 12.3. The molecule has 2 atom stereocenters. The molecule has 0 aliphatic carbocycles. The van der Waals surface area contributed by atoms with Crippen LogP contribution in [0.25, 0.3) is 0 Å². The normalized spacial score (nSPS) is 14.3. The Labute approximate surface area is 110 Å². The number of carbonyl (C=O) groups is 1. The van der Waals surface area contributed by atoms with E-state index >= 15 is 0 Å². The maximum Gasteiger partial charge on any atom is 0.311 e. The summed E-state index contributed by atoms with van der Waals surface area (Å²) in [7, 11) is 1.29. The molecule has 1 aromatic heterocycles. The fourth-order valence-corrected chi connectivity index (χ4v) is 2.42. The second-order valence-corrected chi connectivity index (χ2v) is 5.05. The molecule has 1 heterocycles. The lowest BCUT2D eigenvalue weighted by Gasteiger charge is -2.17. The Kier molecular flexibility index (Phi) is 4.89. The average Bonchev–Trinajstić information content (AvgIpc) is 2.26. The van der Waals surface area contributed by atoms with Crippen LogP contribution in [0.15, 0.2) is 21.2 Å². The lowest BCUT2D eigenvalue weighted by Crippen LogP contribution is -2.21. The number of hydrogen-bond acceptors (Lipinski definition) is 4. The third-order valence-corrected chi connectivity index (χ3v) is 3.23. The lowest BCUT2D eigenvalue weighted by atomic mass is 10.0. The number of methoxy groups -OCH3 is 1. The highest BCUT2D eigenvalue weighted by atomic mass is 79.9. The highest BCUT2D eigenvalue weighted by molar-refractivity contribution is 9.11. The molecule has 0 saturated carbocycles. The fourth-order valence-electron chi connectivity index (χ4n) is 1.19. The zero-order valence-corrected chi connectivity index (χ0v) is 11.9. The number of carbonyl (C=O) groups excluding carboxylic acids is 1. The Hall–Kier alpha value is -0.460. The summed E-state index contributed by atoms with van der Waals surface area (Å²) in [5.74, 6) is -1.13. The summed E-state index contributed by atoms with van der Waals surface area (Å²) in [6.45, 7) is 1.59. The summed E-state index contributed by atoms with van der Waals surface area (Å²) in [5.41, 5.74) is 0.418. The van der Waals surface area contributed by atoms with E-state index in [0.717, 1.165) is 4.47 Å². The molecule has 2 unspecified atom stereocenters. The maximum atomic E-state index is 11.3. The summed E-state index contributed by atoms with van der Waals surface area (Å²) >= 11 is 6.54. The van der Waals surface area contributed by atoms with E-state index in [2.05, 4.69) is 41.6 Å². The van der Waals surface area contributed by atoms with Gasteiger partial charge in [-0.25, -0.2) is 0 Å². The molecular weight excluding hydrogens is 342 g/mol. The molecule has 0 saturated heterocycles. The molecule has 0 amide bonds. The van der Waals surface area contributed by atoms with Gasteiger partial charge in [0, 0.05) is 15.1 Å². The van der Waals surface area contributed by atoms with Crippen molar-refractivity contribution in [2.75, 3.05) is 7.11 Å². The van der Waals surface area contributed by atoms with Gasteiger partial charge in [-0.1, -0.05) is 0 Å². The van der Waals surface area contributed by atoms with Gasteiger partial charge in [0.05, 0.1) is 18.7 Å². The van der Waals surface area contributed by atoms with Crippen molar-refractivity contribution in [3.05, 3.63) is 26.9 Å². The Bertz CT molecular complexity index is 398. The highest BCUT2D eigenvalue weighted by Gasteiger charge is 2.26. The minimum Gasteiger partial charge on any atom is -0.469 e. The van der Waals surface area contributed by atoms with Gasteiger partial charge in [0.15, 0.2) is 0 Å². The summed E-state index contributed by atoms with van der Waals surface area (Å²) < 4.78 is 6.00. The van der Waals surface area contributed by atoms with Gasteiger partial charge in [0.25, 0.3) is 0 Å². The Balaban J connectivity index is 2.96. The Morgan fingerprint density at radius 3 is 2.69 bits per heavy atom. The highest BCUT2D eigenvalue weighted by Crippen LogP contribution is 2.29. The summed E-state index contributed by atoms with van der Waals surface area (Å²) in [6, 6.07) is 1.76. The molecule has 0 aliphatic heterocycles. The predicted molar refractivity (Wildman–Crippen MR) is 65.8 cm³/mol. The molecule has 0 radical (unpaired) electrons. The van der Waals surface area contributed by atoms with Crippen LogP contribution in [0.5, 0.6) is 0 Å². The predicted octanol–water partition coefficient (Wildman–Crippen LogP) is 2.45.